The number of H-pyrrole nitrogens is 1. The summed E-state index contributed by atoms with van der Waals surface area (Å²) in [5, 5.41) is 0. The first-order valence-corrected chi connectivity index (χ1v) is 4.84. The quantitative estimate of drug-likeness (QED) is 0.664. The number of carbonyl (C=O) groups excluding carboxylic acids is 1. The molecule has 0 unspecified atom stereocenters. The molecule has 0 atom stereocenters. The van der Waals surface area contributed by atoms with Crippen LogP contribution in [0.1, 0.15) is 22.3 Å². The molecule has 1 rings (SSSR count). The van der Waals surface area contributed by atoms with Gasteiger partial charge in [0, 0.05) is 9.77 Å². The van der Waals surface area contributed by atoms with E-state index in [0.29, 0.717) is 0 Å². The highest BCUT2D eigenvalue weighted by Gasteiger charge is 2.25. The number of rotatable bonds is 2. The minimum absolute atomic E-state index is 0.114. The number of alkyl halides is 2. The third kappa shape index (κ3) is 2.33. The normalized spacial score (nSPS) is 10.5. The van der Waals surface area contributed by atoms with E-state index in [4.69, 9.17) is 0 Å². The number of carbonyl (C=O) groups is 1. The van der Waals surface area contributed by atoms with Gasteiger partial charge in [0.05, 0.1) is 12.7 Å². The highest BCUT2D eigenvalue weighted by atomic mass is 127. The predicted molar refractivity (Wildman–Crippen MR) is 56.1 cm³/mol. The van der Waals surface area contributed by atoms with E-state index in [1.54, 1.807) is 22.6 Å². The van der Waals surface area contributed by atoms with Crippen LogP contribution in [0.2, 0.25) is 0 Å². The fraction of sp³-hybridized carbons (Fsp3) is 0.250. The molecule has 15 heavy (non-hydrogen) atoms. The van der Waals surface area contributed by atoms with Crippen molar-refractivity contribution in [2.75, 3.05) is 7.11 Å². The van der Waals surface area contributed by atoms with Gasteiger partial charge in [-0.25, -0.2) is 13.6 Å². The van der Waals surface area contributed by atoms with Gasteiger partial charge in [0.2, 0.25) is 0 Å². The molecule has 0 saturated carbocycles. The van der Waals surface area contributed by atoms with Crippen LogP contribution in [0, 0.1) is 3.57 Å². The van der Waals surface area contributed by atoms with Gasteiger partial charge < -0.3 is 9.72 Å². The Hall–Kier alpha value is -0.990. The first-order chi connectivity index (χ1) is 6.99. The largest absolute Gasteiger partial charge is 0.465 e. The molecule has 1 aromatic rings. The van der Waals surface area contributed by atoms with E-state index in [9.17, 15) is 18.4 Å². The van der Waals surface area contributed by atoms with Crippen LogP contribution in [0.3, 0.4) is 0 Å². The molecule has 1 N–H and O–H groups in total. The van der Waals surface area contributed by atoms with E-state index in [1.165, 1.54) is 0 Å². The number of esters is 1. The minimum atomic E-state index is -2.90. The van der Waals surface area contributed by atoms with Gasteiger partial charge in [0.1, 0.15) is 5.56 Å². The monoisotopic (exact) mass is 329 g/mol. The molecule has 0 saturated heterocycles. The van der Waals surface area contributed by atoms with Crippen molar-refractivity contribution < 1.29 is 18.3 Å². The highest BCUT2D eigenvalue weighted by Crippen LogP contribution is 2.25. The Kier molecular flexibility index (Phi) is 3.77. The van der Waals surface area contributed by atoms with Crippen LogP contribution in [0.25, 0.3) is 0 Å². The van der Waals surface area contributed by atoms with E-state index in [2.05, 4.69) is 9.72 Å². The Morgan fingerprint density at radius 3 is 2.67 bits per heavy atom. The summed E-state index contributed by atoms with van der Waals surface area (Å²) in [6.07, 6.45) is -1.77. The van der Waals surface area contributed by atoms with Crippen LogP contribution in [0.15, 0.2) is 11.0 Å². The molecule has 0 aromatic carbocycles. The molecule has 7 heteroatoms. The van der Waals surface area contributed by atoms with Gasteiger partial charge in [-0.05, 0) is 22.6 Å². The predicted octanol–water partition coefficient (Wildman–Crippen LogP) is 1.70. The lowest BCUT2D eigenvalue weighted by Crippen LogP contribution is -2.22. The van der Waals surface area contributed by atoms with E-state index in [-0.39, 0.29) is 3.57 Å². The number of aromatic amines is 1. The molecule has 1 heterocycles. The molecular weight excluding hydrogens is 323 g/mol. The van der Waals surface area contributed by atoms with Crippen LogP contribution in [-0.2, 0) is 4.74 Å². The number of hydrogen-bond acceptors (Lipinski definition) is 3. The average molecular weight is 329 g/mol. The number of hydrogen-bond donors (Lipinski definition) is 1. The zero-order valence-electron chi connectivity index (χ0n) is 7.51. The van der Waals surface area contributed by atoms with Crippen LogP contribution in [-0.4, -0.2) is 18.1 Å². The van der Waals surface area contributed by atoms with Crippen LogP contribution in [0.5, 0.6) is 0 Å². The van der Waals surface area contributed by atoms with Gasteiger partial charge in [-0.3, -0.25) is 4.79 Å². The third-order valence-corrected chi connectivity index (χ3v) is 2.58. The zero-order valence-corrected chi connectivity index (χ0v) is 9.67. The van der Waals surface area contributed by atoms with Crippen molar-refractivity contribution in [1.82, 2.24) is 4.98 Å². The second kappa shape index (κ2) is 4.69. The number of aromatic nitrogens is 1. The van der Waals surface area contributed by atoms with E-state index in [1.807, 2.05) is 0 Å². The maximum Gasteiger partial charge on any atom is 0.344 e. The topological polar surface area (TPSA) is 59.2 Å². The van der Waals surface area contributed by atoms with Gasteiger partial charge >= 0.3 is 5.97 Å². The lowest BCUT2D eigenvalue weighted by molar-refractivity contribution is 0.0586. The molecule has 0 aliphatic heterocycles. The zero-order chi connectivity index (χ0) is 11.6. The first kappa shape index (κ1) is 12.1. The molecule has 0 amide bonds. The van der Waals surface area contributed by atoms with Crippen molar-refractivity contribution in [2.24, 2.45) is 0 Å². The number of ether oxygens (including phenoxy) is 1. The Bertz CT molecular complexity index is 444. The van der Waals surface area contributed by atoms with Crippen LogP contribution < -0.4 is 5.56 Å². The summed E-state index contributed by atoms with van der Waals surface area (Å²) in [6.45, 7) is 0. The Balaban J connectivity index is 3.52. The summed E-state index contributed by atoms with van der Waals surface area (Å²) in [6, 6.07) is 0. The highest BCUT2D eigenvalue weighted by molar-refractivity contribution is 14.1. The number of methoxy groups -OCH3 is 1. The van der Waals surface area contributed by atoms with E-state index < -0.39 is 29.1 Å². The summed E-state index contributed by atoms with van der Waals surface area (Å²) in [5.41, 5.74) is -2.11. The fourth-order valence-corrected chi connectivity index (χ4v) is 1.70. The van der Waals surface area contributed by atoms with Gasteiger partial charge in [-0.1, -0.05) is 0 Å². The first-order valence-electron chi connectivity index (χ1n) is 3.76. The SMILES string of the molecule is COC(=O)c1c(C(F)F)c(I)c[nH]c1=O. The molecule has 0 bridgehead atoms. The lowest BCUT2D eigenvalue weighted by Gasteiger charge is -2.07. The standard InChI is InChI=1S/C8H6F2INO3/c1-15-8(14)5-4(6(9)10)3(11)2-12-7(5)13/h2,6H,1H3,(H,12,13). The van der Waals surface area contributed by atoms with Crippen molar-refractivity contribution in [2.45, 2.75) is 6.43 Å². The molecule has 0 fully saturated rings. The van der Waals surface area contributed by atoms with Gasteiger partial charge in [-0.15, -0.1) is 0 Å². The van der Waals surface area contributed by atoms with E-state index in [0.717, 1.165) is 13.3 Å². The maximum absolute atomic E-state index is 12.6. The molecular formula is C8H6F2INO3. The molecule has 0 aliphatic carbocycles. The second-order valence-corrected chi connectivity index (χ2v) is 3.71. The molecule has 82 valence electrons. The average Bonchev–Trinajstić information content (AvgIpc) is 2.19. The van der Waals surface area contributed by atoms with Gasteiger partial charge in [0.15, 0.2) is 0 Å². The lowest BCUT2D eigenvalue weighted by atomic mass is 10.1. The van der Waals surface area contributed by atoms with Crippen molar-refractivity contribution in [3.8, 4) is 0 Å². The van der Waals surface area contributed by atoms with Gasteiger partial charge in [-0.2, -0.15) is 0 Å². The molecule has 0 spiro atoms. The van der Waals surface area contributed by atoms with Crippen LogP contribution in [0.4, 0.5) is 8.78 Å². The third-order valence-electron chi connectivity index (χ3n) is 1.69. The summed E-state index contributed by atoms with van der Waals surface area (Å²) in [5.74, 6) is -1.06. The summed E-state index contributed by atoms with van der Waals surface area (Å²) >= 11 is 1.61. The smallest absolute Gasteiger partial charge is 0.344 e. The Morgan fingerprint density at radius 1 is 1.60 bits per heavy atom. The fourth-order valence-electron chi connectivity index (χ4n) is 1.04. The minimum Gasteiger partial charge on any atom is -0.465 e. The summed E-state index contributed by atoms with van der Waals surface area (Å²) in [7, 11) is 1.02. The molecule has 1 aromatic heterocycles. The number of nitrogens with one attached hydrogen (secondary N) is 1. The second-order valence-electron chi connectivity index (χ2n) is 2.55. The van der Waals surface area contributed by atoms with Gasteiger partial charge in [0.25, 0.3) is 12.0 Å². The number of halogens is 3. The van der Waals surface area contributed by atoms with Crippen molar-refractivity contribution in [1.29, 1.82) is 0 Å². The molecule has 0 radical (unpaired) electrons. The summed E-state index contributed by atoms with van der Waals surface area (Å²) in [4.78, 5) is 24.5. The Labute approximate surface area is 96.8 Å². The molecule has 4 nitrogen and oxygen atoms in total. The van der Waals surface area contributed by atoms with Crippen molar-refractivity contribution >= 4 is 28.6 Å². The molecule has 0 aliphatic rings. The van der Waals surface area contributed by atoms with Crippen molar-refractivity contribution in [3.05, 3.63) is 31.2 Å². The number of pyridine rings is 1. The summed E-state index contributed by atoms with van der Waals surface area (Å²) < 4.78 is 29.6. The maximum atomic E-state index is 12.6. The van der Waals surface area contributed by atoms with Crippen molar-refractivity contribution in [3.63, 3.8) is 0 Å². The Morgan fingerprint density at radius 2 is 2.20 bits per heavy atom. The van der Waals surface area contributed by atoms with E-state index >= 15 is 0 Å². The van der Waals surface area contributed by atoms with Crippen LogP contribution >= 0.6 is 22.6 Å².